The van der Waals surface area contributed by atoms with Crippen LogP contribution in [0.4, 0.5) is 0 Å². The highest BCUT2D eigenvalue weighted by molar-refractivity contribution is 5.95. The number of aryl methyl sites for hydroxylation is 2. The molecule has 1 aliphatic rings. The Balaban J connectivity index is 1.62. The maximum Gasteiger partial charge on any atom is 0.261 e. The highest BCUT2D eigenvalue weighted by atomic mass is 16.2. The molecule has 0 saturated heterocycles. The molecule has 49 heavy (non-hydrogen) atoms. The van der Waals surface area contributed by atoms with Crippen LogP contribution in [0.15, 0.2) is 42.8 Å². The average Bonchev–Trinajstić information content (AvgIpc) is 3.13. The van der Waals surface area contributed by atoms with Crippen LogP contribution in [0.2, 0.25) is 0 Å². The van der Waals surface area contributed by atoms with Gasteiger partial charge in [0.15, 0.2) is 0 Å². The van der Waals surface area contributed by atoms with Crippen LogP contribution < -0.4 is 0 Å². The predicted octanol–water partition coefficient (Wildman–Crippen LogP) is 15.8. The molecule has 0 N–H and O–H groups in total. The van der Waals surface area contributed by atoms with Gasteiger partial charge < -0.3 is 0 Å². The first-order valence-corrected chi connectivity index (χ1v) is 22.0. The summed E-state index contributed by atoms with van der Waals surface area (Å²) in [6, 6.07) is 6.44. The van der Waals surface area contributed by atoms with E-state index in [4.69, 9.17) is 0 Å². The van der Waals surface area contributed by atoms with Crippen molar-refractivity contribution in [2.45, 2.75) is 232 Å². The molecular formula is C47H81NO. The Morgan fingerprint density at radius 1 is 0.490 bits per heavy atom. The number of hydrogen-bond donors (Lipinski definition) is 0. The number of hydrogen-bond acceptors (Lipinski definition) is 1. The average molecular weight is 676 g/mol. The molecule has 0 unspecified atom stereocenters. The lowest BCUT2D eigenvalue weighted by molar-refractivity contribution is 0.0868. The van der Waals surface area contributed by atoms with E-state index in [0.717, 1.165) is 31.2 Å². The number of carbonyl (C=O) groups excluding carboxylic acids is 1. The van der Waals surface area contributed by atoms with E-state index in [1.165, 1.54) is 204 Å². The topological polar surface area (TPSA) is 20.3 Å². The van der Waals surface area contributed by atoms with Crippen molar-refractivity contribution in [1.82, 2.24) is 4.90 Å². The van der Waals surface area contributed by atoms with E-state index in [0.29, 0.717) is 0 Å². The summed E-state index contributed by atoms with van der Waals surface area (Å²) in [5.74, 6) is 0.114. The van der Waals surface area contributed by atoms with E-state index >= 15 is 0 Å². The third-order valence-electron chi connectivity index (χ3n) is 10.8. The molecule has 0 spiro atoms. The van der Waals surface area contributed by atoms with Gasteiger partial charge in [-0.2, -0.15) is 0 Å². The number of rotatable bonds is 33. The first-order valence-electron chi connectivity index (χ1n) is 22.0. The minimum atomic E-state index is 0.114. The van der Waals surface area contributed by atoms with Crippen molar-refractivity contribution in [2.75, 3.05) is 0 Å². The van der Waals surface area contributed by atoms with E-state index < -0.39 is 0 Å². The highest BCUT2D eigenvalue weighted by Crippen LogP contribution is 2.23. The third-order valence-corrected chi connectivity index (χ3v) is 10.8. The zero-order chi connectivity index (χ0) is 34.9. The molecule has 0 bridgehead atoms. The zero-order valence-electron chi connectivity index (χ0n) is 32.9. The fourth-order valence-electron chi connectivity index (χ4n) is 7.49. The molecule has 1 amide bonds. The van der Waals surface area contributed by atoms with Crippen LogP contribution in [0.25, 0.3) is 0 Å². The molecule has 1 aromatic rings. The van der Waals surface area contributed by atoms with Crippen LogP contribution in [0, 0.1) is 0 Å². The summed E-state index contributed by atoms with van der Waals surface area (Å²) >= 11 is 0. The van der Waals surface area contributed by atoms with Gasteiger partial charge in [-0.25, -0.2) is 0 Å². The predicted molar refractivity (Wildman–Crippen MR) is 217 cm³/mol. The van der Waals surface area contributed by atoms with Crippen molar-refractivity contribution >= 4 is 5.91 Å². The molecule has 1 aromatic carbocycles. The number of benzene rings is 1. The molecule has 2 nitrogen and oxygen atoms in total. The molecule has 0 saturated carbocycles. The molecule has 2 rings (SSSR count). The zero-order valence-corrected chi connectivity index (χ0v) is 32.9. The van der Waals surface area contributed by atoms with Gasteiger partial charge in [0.25, 0.3) is 5.91 Å². The molecule has 0 fully saturated rings. The molecule has 280 valence electrons. The molecular weight excluding hydrogens is 595 g/mol. The van der Waals surface area contributed by atoms with Gasteiger partial charge in [0.05, 0.1) is 0 Å². The summed E-state index contributed by atoms with van der Waals surface area (Å²) in [5, 5.41) is 0. The molecule has 0 aliphatic heterocycles. The van der Waals surface area contributed by atoms with Crippen LogP contribution >= 0.6 is 0 Å². The second kappa shape index (κ2) is 32.1. The van der Waals surface area contributed by atoms with Gasteiger partial charge in [0.2, 0.25) is 0 Å². The monoisotopic (exact) mass is 676 g/mol. The third kappa shape index (κ3) is 23.3. The van der Waals surface area contributed by atoms with Gasteiger partial charge in [0, 0.05) is 18.0 Å². The second-order valence-corrected chi connectivity index (χ2v) is 15.4. The Bertz CT molecular complexity index is 919. The standard InChI is InChI=1S/C47H81NO/c1-3-5-7-9-11-13-15-17-19-21-23-25-27-29-31-35-41-48(47(49)46-40-39-44-37-33-34-38-45(44)43-46)42-36-32-30-28-26-24-22-20-18-16-14-12-10-8-6-4-2/h35-36,39-43H,3-34,37-38H2,1-2H3. The first kappa shape index (κ1) is 43.3. The smallest absolute Gasteiger partial charge is 0.261 e. The number of amides is 1. The second-order valence-electron chi connectivity index (χ2n) is 15.4. The summed E-state index contributed by atoms with van der Waals surface area (Å²) in [4.78, 5) is 15.5. The lowest BCUT2D eigenvalue weighted by Gasteiger charge is -2.18. The van der Waals surface area contributed by atoms with Crippen LogP contribution in [0.1, 0.15) is 241 Å². The Morgan fingerprint density at radius 2 is 0.837 bits per heavy atom. The molecule has 0 radical (unpaired) electrons. The van der Waals surface area contributed by atoms with E-state index in [-0.39, 0.29) is 5.91 Å². The summed E-state index contributed by atoms with van der Waals surface area (Å²) in [6.07, 6.45) is 54.4. The van der Waals surface area contributed by atoms with Gasteiger partial charge in [-0.3, -0.25) is 9.69 Å². The molecule has 0 aromatic heterocycles. The number of unbranched alkanes of at least 4 members (excludes halogenated alkanes) is 28. The Morgan fingerprint density at radius 3 is 1.22 bits per heavy atom. The normalized spacial score (nSPS) is 13.1. The van der Waals surface area contributed by atoms with Crippen LogP contribution in [-0.2, 0) is 12.8 Å². The van der Waals surface area contributed by atoms with Gasteiger partial charge in [-0.05, 0) is 74.6 Å². The number of carbonyl (C=O) groups is 1. The van der Waals surface area contributed by atoms with Gasteiger partial charge in [-0.15, -0.1) is 0 Å². The maximum atomic E-state index is 13.6. The van der Waals surface area contributed by atoms with Crippen LogP contribution in [-0.4, -0.2) is 10.8 Å². The molecule has 2 heteroatoms. The van der Waals surface area contributed by atoms with Crippen molar-refractivity contribution in [2.24, 2.45) is 0 Å². The van der Waals surface area contributed by atoms with Gasteiger partial charge >= 0.3 is 0 Å². The quantitative estimate of drug-likeness (QED) is 0.0679. The van der Waals surface area contributed by atoms with E-state index in [2.05, 4.69) is 44.2 Å². The first-order chi connectivity index (χ1) is 24.3. The molecule has 1 aliphatic carbocycles. The number of nitrogens with zero attached hydrogens (tertiary/aromatic N) is 1. The molecule has 0 atom stereocenters. The Kier molecular flexibility index (Phi) is 28.4. The van der Waals surface area contributed by atoms with Crippen molar-refractivity contribution in [3.05, 3.63) is 59.4 Å². The molecule has 0 heterocycles. The SMILES string of the molecule is CCCCCCCCCCCCCCCCC=CN(C=CCCCCCCCCCCCCCCCC)C(=O)c1ccc2c(c1)CCCC2. The fourth-order valence-corrected chi connectivity index (χ4v) is 7.49. The van der Waals surface area contributed by atoms with E-state index in [9.17, 15) is 4.79 Å². The summed E-state index contributed by atoms with van der Waals surface area (Å²) in [7, 11) is 0. The largest absolute Gasteiger partial charge is 0.291 e. The minimum absolute atomic E-state index is 0.114. The van der Waals surface area contributed by atoms with Crippen LogP contribution in [0.3, 0.4) is 0 Å². The van der Waals surface area contributed by atoms with Crippen LogP contribution in [0.5, 0.6) is 0 Å². The highest BCUT2D eigenvalue weighted by Gasteiger charge is 2.15. The Labute approximate surface area is 306 Å². The number of fused-ring (bicyclic) bond motifs is 1. The summed E-state index contributed by atoms with van der Waals surface area (Å²) in [5.41, 5.74) is 3.66. The lowest BCUT2D eigenvalue weighted by Crippen LogP contribution is -2.20. The lowest BCUT2D eigenvalue weighted by atomic mass is 9.90. The van der Waals surface area contributed by atoms with E-state index in [1.807, 2.05) is 17.3 Å². The van der Waals surface area contributed by atoms with Crippen molar-refractivity contribution < 1.29 is 4.79 Å². The van der Waals surface area contributed by atoms with E-state index in [1.54, 1.807) is 0 Å². The van der Waals surface area contributed by atoms with Crippen molar-refractivity contribution in [3.8, 4) is 0 Å². The van der Waals surface area contributed by atoms with Gasteiger partial charge in [-0.1, -0.05) is 199 Å². The van der Waals surface area contributed by atoms with Crippen molar-refractivity contribution in [3.63, 3.8) is 0 Å². The summed E-state index contributed by atoms with van der Waals surface area (Å²) < 4.78 is 0. The summed E-state index contributed by atoms with van der Waals surface area (Å²) in [6.45, 7) is 4.59. The fraction of sp³-hybridized carbons (Fsp3) is 0.766. The minimum Gasteiger partial charge on any atom is -0.291 e. The van der Waals surface area contributed by atoms with Crippen molar-refractivity contribution in [1.29, 1.82) is 0 Å². The number of allylic oxidation sites excluding steroid dienone is 2. The van der Waals surface area contributed by atoms with Gasteiger partial charge in [0.1, 0.15) is 0 Å². The Hall–Kier alpha value is -1.83. The maximum absolute atomic E-state index is 13.6.